The van der Waals surface area contributed by atoms with Crippen molar-refractivity contribution < 1.29 is 23.9 Å². The van der Waals surface area contributed by atoms with Crippen LogP contribution in [-0.2, 0) is 31.9 Å². The molecule has 1 aromatic rings. The molecule has 0 saturated carbocycles. The zero-order valence-electron chi connectivity index (χ0n) is 13.8. The van der Waals surface area contributed by atoms with Crippen LogP contribution in [0.5, 0.6) is 0 Å². The number of alkyl carbamates (subject to hydrolysis) is 1. The second-order valence-electron chi connectivity index (χ2n) is 5.21. The van der Waals surface area contributed by atoms with Crippen LogP contribution in [0, 0.1) is 0 Å². The van der Waals surface area contributed by atoms with Gasteiger partial charge in [0, 0.05) is 0 Å². The lowest BCUT2D eigenvalue weighted by Crippen LogP contribution is -2.39. The minimum atomic E-state index is -1.06. The summed E-state index contributed by atoms with van der Waals surface area (Å²) in [6.45, 7) is 3.53. The second kappa shape index (κ2) is 9.61. The maximum atomic E-state index is 11.8. The first kappa shape index (κ1) is 18.7. The number of methoxy groups -OCH3 is 1. The summed E-state index contributed by atoms with van der Waals surface area (Å²) in [5.41, 5.74) is 2.05. The van der Waals surface area contributed by atoms with E-state index in [0.717, 1.165) is 31.9 Å². The van der Waals surface area contributed by atoms with Gasteiger partial charge in [-0.1, -0.05) is 37.6 Å². The average molecular weight is 321 g/mol. The molecule has 0 unspecified atom stereocenters. The summed E-state index contributed by atoms with van der Waals surface area (Å²) in [6, 6.07) is 7.74. The van der Waals surface area contributed by atoms with E-state index in [2.05, 4.69) is 11.7 Å². The highest BCUT2D eigenvalue weighted by Gasteiger charge is 2.20. The lowest BCUT2D eigenvalue weighted by atomic mass is 10.1. The van der Waals surface area contributed by atoms with Gasteiger partial charge in [0.05, 0.1) is 13.5 Å². The number of aryl methyl sites for hydroxylation is 1. The Kier molecular flexibility index (Phi) is 7.80. The number of ether oxygens (including phenoxy) is 2. The highest BCUT2D eigenvalue weighted by molar-refractivity contribution is 5.95. The number of benzene rings is 1. The van der Waals surface area contributed by atoms with E-state index in [-0.39, 0.29) is 6.42 Å². The fraction of sp³-hybridized carbons (Fsp3) is 0.471. The largest absolute Gasteiger partial charge is 0.453 e. The predicted octanol–water partition coefficient (Wildman–Crippen LogP) is 2.39. The van der Waals surface area contributed by atoms with Gasteiger partial charge < -0.3 is 9.47 Å². The van der Waals surface area contributed by atoms with Gasteiger partial charge in [0.1, 0.15) is 0 Å². The number of hydrogen-bond acceptors (Lipinski definition) is 5. The van der Waals surface area contributed by atoms with Gasteiger partial charge in [0.25, 0.3) is 5.91 Å². The second-order valence-corrected chi connectivity index (χ2v) is 5.21. The monoisotopic (exact) mass is 321 g/mol. The lowest BCUT2D eigenvalue weighted by molar-refractivity contribution is -0.153. The summed E-state index contributed by atoms with van der Waals surface area (Å²) < 4.78 is 9.30. The molecule has 126 valence electrons. The van der Waals surface area contributed by atoms with Crippen LogP contribution in [-0.4, -0.2) is 31.2 Å². The van der Waals surface area contributed by atoms with Gasteiger partial charge in [0.15, 0.2) is 6.10 Å². The molecule has 0 heterocycles. The van der Waals surface area contributed by atoms with Crippen molar-refractivity contribution >= 4 is 18.0 Å². The number of unbranched alkanes of at least 4 members (excludes halogenated alkanes) is 1. The smallest absolute Gasteiger partial charge is 0.413 e. The van der Waals surface area contributed by atoms with Gasteiger partial charge in [-0.2, -0.15) is 0 Å². The average Bonchev–Trinajstić information content (AvgIpc) is 2.53. The standard InChI is InChI=1S/C17H23NO5/c1-4-5-6-13-7-9-14(10-8-13)11-15(19)23-12(2)16(20)18-17(21)22-3/h7-10,12H,4-6,11H2,1-3H3,(H,18,20,21)/t12-/m1/s1. The molecule has 0 aromatic heterocycles. The molecule has 1 rings (SSSR count). The molecular weight excluding hydrogens is 298 g/mol. The number of esters is 1. The first-order valence-electron chi connectivity index (χ1n) is 7.62. The van der Waals surface area contributed by atoms with Crippen molar-refractivity contribution in [3.63, 3.8) is 0 Å². The van der Waals surface area contributed by atoms with Crippen molar-refractivity contribution in [1.82, 2.24) is 5.32 Å². The number of amides is 2. The minimum Gasteiger partial charge on any atom is -0.453 e. The Labute approximate surface area is 136 Å². The Morgan fingerprint density at radius 3 is 2.30 bits per heavy atom. The van der Waals surface area contributed by atoms with Crippen LogP contribution in [0.4, 0.5) is 4.79 Å². The molecule has 1 aromatic carbocycles. The van der Waals surface area contributed by atoms with E-state index in [1.807, 2.05) is 29.6 Å². The Hall–Kier alpha value is -2.37. The van der Waals surface area contributed by atoms with Gasteiger partial charge in [-0.15, -0.1) is 0 Å². The molecule has 0 spiro atoms. The molecule has 6 nitrogen and oxygen atoms in total. The van der Waals surface area contributed by atoms with Crippen LogP contribution in [0.25, 0.3) is 0 Å². The number of carbonyl (C=O) groups is 3. The van der Waals surface area contributed by atoms with Crippen molar-refractivity contribution in [3.05, 3.63) is 35.4 Å². The zero-order valence-corrected chi connectivity index (χ0v) is 13.8. The van der Waals surface area contributed by atoms with Crippen molar-refractivity contribution in [2.45, 2.75) is 45.6 Å². The summed E-state index contributed by atoms with van der Waals surface area (Å²) in [5, 5.41) is 1.95. The number of nitrogens with one attached hydrogen (secondary N) is 1. The fourth-order valence-electron chi connectivity index (χ4n) is 1.92. The highest BCUT2D eigenvalue weighted by atomic mass is 16.6. The molecule has 0 fully saturated rings. The summed E-state index contributed by atoms with van der Waals surface area (Å²) >= 11 is 0. The van der Waals surface area contributed by atoms with Gasteiger partial charge in [-0.3, -0.25) is 14.9 Å². The minimum absolute atomic E-state index is 0.0733. The van der Waals surface area contributed by atoms with E-state index in [9.17, 15) is 14.4 Å². The van der Waals surface area contributed by atoms with Crippen LogP contribution >= 0.6 is 0 Å². The fourth-order valence-corrected chi connectivity index (χ4v) is 1.92. The van der Waals surface area contributed by atoms with Crippen LogP contribution in [0.2, 0.25) is 0 Å². The van der Waals surface area contributed by atoms with Crippen LogP contribution in [0.1, 0.15) is 37.8 Å². The Morgan fingerprint density at radius 2 is 1.74 bits per heavy atom. The summed E-state index contributed by atoms with van der Waals surface area (Å²) in [6.07, 6.45) is 1.41. The number of hydrogen-bond donors (Lipinski definition) is 1. The van der Waals surface area contributed by atoms with E-state index in [1.54, 1.807) is 0 Å². The Morgan fingerprint density at radius 1 is 1.13 bits per heavy atom. The van der Waals surface area contributed by atoms with Gasteiger partial charge >= 0.3 is 12.1 Å². The van der Waals surface area contributed by atoms with E-state index < -0.39 is 24.1 Å². The van der Waals surface area contributed by atoms with Crippen molar-refractivity contribution in [2.75, 3.05) is 7.11 Å². The molecule has 1 atom stereocenters. The topological polar surface area (TPSA) is 81.7 Å². The Bertz CT molecular complexity index is 538. The van der Waals surface area contributed by atoms with E-state index in [1.165, 1.54) is 12.5 Å². The highest BCUT2D eigenvalue weighted by Crippen LogP contribution is 2.09. The summed E-state index contributed by atoms with van der Waals surface area (Å²) in [4.78, 5) is 34.3. The maximum Gasteiger partial charge on any atom is 0.413 e. The quantitative estimate of drug-likeness (QED) is 0.780. The van der Waals surface area contributed by atoms with E-state index >= 15 is 0 Å². The van der Waals surface area contributed by atoms with E-state index in [4.69, 9.17) is 4.74 Å². The molecule has 0 bridgehead atoms. The van der Waals surface area contributed by atoms with E-state index in [0.29, 0.717) is 0 Å². The Balaban J connectivity index is 2.46. The normalized spacial score (nSPS) is 11.4. The number of rotatable bonds is 7. The van der Waals surface area contributed by atoms with Crippen LogP contribution < -0.4 is 5.32 Å². The van der Waals surface area contributed by atoms with Gasteiger partial charge in [-0.05, 0) is 30.9 Å². The SMILES string of the molecule is CCCCc1ccc(CC(=O)O[C@H](C)C(=O)NC(=O)OC)cc1. The molecule has 23 heavy (non-hydrogen) atoms. The lowest BCUT2D eigenvalue weighted by Gasteiger charge is -2.12. The molecule has 0 saturated heterocycles. The molecular formula is C17H23NO5. The molecule has 0 aliphatic carbocycles. The molecule has 6 heteroatoms. The number of imide groups is 1. The summed E-state index contributed by atoms with van der Waals surface area (Å²) in [7, 11) is 1.14. The third-order valence-corrected chi connectivity index (χ3v) is 3.28. The van der Waals surface area contributed by atoms with Crippen molar-refractivity contribution in [2.24, 2.45) is 0 Å². The van der Waals surface area contributed by atoms with Gasteiger partial charge in [-0.25, -0.2) is 4.79 Å². The zero-order chi connectivity index (χ0) is 17.2. The molecule has 0 aliphatic heterocycles. The molecule has 0 aliphatic rings. The third kappa shape index (κ3) is 6.95. The number of carbonyl (C=O) groups excluding carboxylic acids is 3. The van der Waals surface area contributed by atoms with Crippen LogP contribution in [0.3, 0.4) is 0 Å². The summed E-state index contributed by atoms with van der Waals surface area (Å²) in [5.74, 6) is -1.25. The van der Waals surface area contributed by atoms with Crippen LogP contribution in [0.15, 0.2) is 24.3 Å². The molecule has 1 N–H and O–H groups in total. The van der Waals surface area contributed by atoms with Crippen molar-refractivity contribution in [3.8, 4) is 0 Å². The first-order chi connectivity index (χ1) is 11.0. The van der Waals surface area contributed by atoms with Crippen molar-refractivity contribution in [1.29, 1.82) is 0 Å². The third-order valence-electron chi connectivity index (χ3n) is 3.28. The van der Waals surface area contributed by atoms with Gasteiger partial charge in [0.2, 0.25) is 0 Å². The first-order valence-corrected chi connectivity index (χ1v) is 7.62. The predicted molar refractivity (Wildman–Crippen MR) is 84.9 cm³/mol. The maximum absolute atomic E-state index is 11.8. The molecule has 0 radical (unpaired) electrons. The molecule has 2 amide bonds.